The molecule has 0 amide bonds. The van der Waals surface area contributed by atoms with E-state index in [0.717, 1.165) is 17.4 Å². The van der Waals surface area contributed by atoms with Crippen LogP contribution in [-0.2, 0) is 14.6 Å². The number of carboxylic acid groups (broad SMARTS) is 1. The zero-order chi connectivity index (χ0) is 25.7. The molecule has 0 atom stereocenters. The van der Waals surface area contributed by atoms with E-state index in [-0.39, 0.29) is 15.6 Å². The minimum atomic E-state index is -5.08. The summed E-state index contributed by atoms with van der Waals surface area (Å²) in [6.45, 7) is 0. The highest BCUT2D eigenvalue weighted by Crippen LogP contribution is 2.37. The van der Waals surface area contributed by atoms with E-state index in [1.807, 2.05) is 6.07 Å². The smallest absolute Gasteiger partial charge is 0.475 e. The molecule has 3 rings (SSSR count). The van der Waals surface area contributed by atoms with E-state index in [1.165, 1.54) is 29.2 Å². The van der Waals surface area contributed by atoms with Gasteiger partial charge >= 0.3 is 12.1 Å². The first-order chi connectivity index (χ1) is 15.8. The molecule has 2 aromatic carbocycles. The predicted octanol–water partition coefficient (Wildman–Crippen LogP) is 4.70. The summed E-state index contributed by atoms with van der Waals surface area (Å²) in [6, 6.07) is 15.1. The first-order valence-electron chi connectivity index (χ1n) is 9.04. The van der Waals surface area contributed by atoms with Crippen LogP contribution in [0.4, 0.5) is 13.2 Å². The number of hydrogen-bond acceptors (Lipinski definition) is 7. The van der Waals surface area contributed by atoms with Gasteiger partial charge in [-0.1, -0.05) is 36.4 Å². The summed E-state index contributed by atoms with van der Waals surface area (Å²) in [5.74, 6) is -2.91. The summed E-state index contributed by atoms with van der Waals surface area (Å²) >= 11 is 2.51. The molecule has 7 nitrogen and oxygen atoms in total. The number of aldehydes is 1. The van der Waals surface area contributed by atoms with Gasteiger partial charge in [0.1, 0.15) is 12.1 Å². The SMILES string of the molecule is CSc1sc(C(=N)N)cc1S(=O)(=O)c1cccc(-c2ccc(C=O)cc2)c1.O=C(O)C(F)(F)F. The number of thiophene rings is 1. The number of halogens is 3. The second kappa shape index (κ2) is 10.8. The number of alkyl halides is 3. The zero-order valence-electron chi connectivity index (χ0n) is 17.3. The molecule has 0 aliphatic carbocycles. The molecule has 3 aromatic rings. The van der Waals surface area contributed by atoms with Gasteiger partial charge in [-0.2, -0.15) is 13.2 Å². The lowest BCUT2D eigenvalue weighted by atomic mass is 10.0. The molecule has 0 spiro atoms. The third-order valence-corrected chi connectivity index (χ3v) is 8.51. The van der Waals surface area contributed by atoms with Gasteiger partial charge in [-0.3, -0.25) is 10.2 Å². The number of benzene rings is 2. The Bertz CT molecular complexity index is 1320. The number of sulfone groups is 1. The number of nitrogens with two attached hydrogens (primary N) is 1. The topological polar surface area (TPSA) is 138 Å². The maximum absolute atomic E-state index is 13.2. The van der Waals surface area contributed by atoms with E-state index in [4.69, 9.17) is 21.0 Å². The Hall–Kier alpha value is -3.16. The monoisotopic (exact) mass is 530 g/mol. The Labute approximate surface area is 200 Å². The van der Waals surface area contributed by atoms with Gasteiger partial charge in [-0.15, -0.1) is 23.1 Å². The third kappa shape index (κ3) is 6.46. The van der Waals surface area contributed by atoms with Crippen LogP contribution in [0.1, 0.15) is 15.2 Å². The highest BCUT2D eigenvalue weighted by atomic mass is 32.2. The Morgan fingerprint density at radius 1 is 1.12 bits per heavy atom. The number of carbonyl (C=O) groups excluding carboxylic acids is 1. The molecule has 0 fully saturated rings. The van der Waals surface area contributed by atoms with Crippen molar-refractivity contribution in [3.05, 3.63) is 65.0 Å². The summed E-state index contributed by atoms with van der Waals surface area (Å²) in [4.78, 5) is 20.5. The number of aliphatic carboxylic acids is 1. The van der Waals surface area contributed by atoms with Crippen LogP contribution in [0, 0.1) is 5.41 Å². The number of rotatable bonds is 6. The Morgan fingerprint density at radius 2 is 1.71 bits per heavy atom. The summed E-state index contributed by atoms with van der Waals surface area (Å²) in [6.07, 6.45) is -2.53. The van der Waals surface area contributed by atoms with Crippen molar-refractivity contribution >= 4 is 51.0 Å². The summed E-state index contributed by atoms with van der Waals surface area (Å²) in [7, 11) is -3.76. The number of nitrogen functional groups attached to an aromatic ring is 1. The Balaban J connectivity index is 0.000000509. The van der Waals surface area contributed by atoms with Crippen LogP contribution >= 0.6 is 23.1 Å². The minimum Gasteiger partial charge on any atom is -0.475 e. The van der Waals surface area contributed by atoms with Crippen molar-refractivity contribution in [2.75, 3.05) is 6.26 Å². The number of thioether (sulfide) groups is 1. The lowest BCUT2D eigenvalue weighted by Gasteiger charge is -2.08. The van der Waals surface area contributed by atoms with Crippen molar-refractivity contribution in [3.63, 3.8) is 0 Å². The second-order valence-corrected chi connectivity index (χ2v) is 10.5. The van der Waals surface area contributed by atoms with E-state index >= 15 is 0 Å². The van der Waals surface area contributed by atoms with Gasteiger partial charge in [0, 0.05) is 5.56 Å². The Morgan fingerprint density at radius 3 is 2.18 bits per heavy atom. The molecule has 4 N–H and O–H groups in total. The molecule has 1 heterocycles. The molecule has 0 saturated heterocycles. The first kappa shape index (κ1) is 27.1. The summed E-state index contributed by atoms with van der Waals surface area (Å²) in [5.41, 5.74) is 7.63. The molecular weight excluding hydrogens is 513 g/mol. The van der Waals surface area contributed by atoms with Gasteiger partial charge in [0.25, 0.3) is 0 Å². The quantitative estimate of drug-likeness (QED) is 0.182. The van der Waals surface area contributed by atoms with Crippen molar-refractivity contribution in [2.24, 2.45) is 5.73 Å². The molecule has 180 valence electrons. The van der Waals surface area contributed by atoms with Crippen LogP contribution in [-0.4, -0.2) is 44.0 Å². The number of hydrogen-bond donors (Lipinski definition) is 3. The summed E-state index contributed by atoms with van der Waals surface area (Å²) < 4.78 is 58.7. The largest absolute Gasteiger partial charge is 0.490 e. The van der Waals surface area contributed by atoms with Gasteiger partial charge in [-0.25, -0.2) is 13.2 Å². The lowest BCUT2D eigenvalue weighted by molar-refractivity contribution is -0.192. The molecule has 0 aliphatic rings. The maximum atomic E-state index is 13.2. The fraction of sp³-hybridized carbons (Fsp3) is 0.0952. The normalized spacial score (nSPS) is 11.3. The van der Waals surface area contributed by atoms with Crippen LogP contribution < -0.4 is 5.73 Å². The molecule has 0 bridgehead atoms. The van der Waals surface area contributed by atoms with Gasteiger partial charge in [0.05, 0.1) is 18.9 Å². The highest BCUT2D eigenvalue weighted by molar-refractivity contribution is 8.01. The molecule has 0 radical (unpaired) electrons. The highest BCUT2D eigenvalue weighted by Gasteiger charge is 2.38. The number of carbonyl (C=O) groups is 2. The fourth-order valence-corrected chi connectivity index (χ4v) is 6.45. The van der Waals surface area contributed by atoms with Crippen LogP contribution in [0.2, 0.25) is 0 Å². The van der Waals surface area contributed by atoms with Gasteiger partial charge < -0.3 is 10.8 Å². The second-order valence-electron chi connectivity index (χ2n) is 6.45. The van der Waals surface area contributed by atoms with Gasteiger partial charge in [-0.05, 0) is 35.6 Å². The average molecular weight is 531 g/mol. The molecule has 0 saturated carbocycles. The zero-order valence-corrected chi connectivity index (χ0v) is 19.7. The third-order valence-electron chi connectivity index (χ3n) is 4.17. The molecule has 0 unspecified atom stereocenters. The molecule has 0 aliphatic heterocycles. The fourth-order valence-electron chi connectivity index (χ4n) is 2.54. The first-order valence-corrected chi connectivity index (χ1v) is 12.6. The van der Waals surface area contributed by atoms with E-state index in [0.29, 0.717) is 14.6 Å². The van der Waals surface area contributed by atoms with Crippen molar-refractivity contribution < 1.29 is 36.3 Å². The van der Waals surface area contributed by atoms with Crippen molar-refractivity contribution in [1.29, 1.82) is 5.41 Å². The molecular formula is C21H17F3N2O5S3. The maximum Gasteiger partial charge on any atom is 0.490 e. The van der Waals surface area contributed by atoms with Crippen molar-refractivity contribution in [2.45, 2.75) is 20.2 Å². The van der Waals surface area contributed by atoms with E-state index < -0.39 is 22.0 Å². The van der Waals surface area contributed by atoms with Gasteiger partial charge in [0.15, 0.2) is 0 Å². The van der Waals surface area contributed by atoms with Crippen LogP contribution in [0.3, 0.4) is 0 Å². The van der Waals surface area contributed by atoms with E-state index in [1.54, 1.807) is 48.7 Å². The average Bonchev–Trinajstić information content (AvgIpc) is 3.25. The molecule has 1 aromatic heterocycles. The van der Waals surface area contributed by atoms with Crippen LogP contribution in [0.5, 0.6) is 0 Å². The van der Waals surface area contributed by atoms with E-state index in [2.05, 4.69) is 0 Å². The molecule has 34 heavy (non-hydrogen) atoms. The van der Waals surface area contributed by atoms with E-state index in [9.17, 15) is 26.4 Å². The van der Waals surface area contributed by atoms with Crippen LogP contribution in [0.15, 0.2) is 68.6 Å². The molecule has 13 heteroatoms. The minimum absolute atomic E-state index is 0.152. The standard InChI is InChI=1S/C19H16N2O3S3.C2HF3O2/c1-25-19-17(10-16(26-19)18(20)21)27(23,24)15-4-2-3-14(9-15)13-7-5-12(11-22)6-8-13;3-2(4,5)1(6)7/h2-11H,1H3,(H3,20,21);(H,6,7). The number of nitrogens with one attached hydrogen (secondary N) is 1. The number of carboxylic acids is 1. The van der Waals surface area contributed by atoms with Crippen LogP contribution in [0.25, 0.3) is 11.1 Å². The predicted molar refractivity (Wildman–Crippen MR) is 124 cm³/mol. The summed E-state index contributed by atoms with van der Waals surface area (Å²) in [5, 5.41) is 14.7. The van der Waals surface area contributed by atoms with Gasteiger partial charge in [0.2, 0.25) is 9.84 Å². The Kier molecular flexibility index (Phi) is 8.64. The van der Waals surface area contributed by atoms with Crippen molar-refractivity contribution in [3.8, 4) is 11.1 Å². The number of amidine groups is 1. The lowest BCUT2D eigenvalue weighted by Crippen LogP contribution is -2.21. The van der Waals surface area contributed by atoms with Crippen molar-refractivity contribution in [1.82, 2.24) is 0 Å².